The minimum atomic E-state index is -0.0843. The van der Waals surface area contributed by atoms with Crippen LogP contribution < -0.4 is 10.1 Å². The smallest absolute Gasteiger partial charge is 0.260 e. The first-order chi connectivity index (χ1) is 12.5. The molecular weight excluding hydrogens is 387 g/mol. The van der Waals surface area contributed by atoms with Crippen molar-refractivity contribution in [3.63, 3.8) is 0 Å². The number of nitrogens with one attached hydrogen (secondary N) is 1. The highest BCUT2D eigenvalue weighted by molar-refractivity contribution is 6.30. The van der Waals surface area contributed by atoms with Crippen LogP contribution in [0.25, 0.3) is 0 Å². The van der Waals surface area contributed by atoms with Gasteiger partial charge in [0.15, 0.2) is 12.4 Å². The van der Waals surface area contributed by atoms with Crippen LogP contribution in [0.5, 0.6) is 5.75 Å². The van der Waals surface area contributed by atoms with E-state index in [4.69, 9.17) is 16.3 Å². The van der Waals surface area contributed by atoms with Crippen LogP contribution >= 0.6 is 24.0 Å². The maximum atomic E-state index is 12.4. The fraction of sp³-hybridized carbons (Fsp3) is 0.300. The lowest BCUT2D eigenvalue weighted by Crippen LogP contribution is -2.53. The predicted molar refractivity (Wildman–Crippen MR) is 108 cm³/mol. The monoisotopic (exact) mass is 408 g/mol. The molecule has 144 valence electrons. The molecule has 1 aliphatic heterocycles. The largest absolute Gasteiger partial charge is 0.484 e. The van der Waals surface area contributed by atoms with Crippen LogP contribution in [-0.4, -0.2) is 48.9 Å². The van der Waals surface area contributed by atoms with E-state index in [2.05, 4.69) is 5.32 Å². The van der Waals surface area contributed by atoms with Crippen molar-refractivity contribution < 1.29 is 14.3 Å². The van der Waals surface area contributed by atoms with Crippen LogP contribution in [0.15, 0.2) is 48.5 Å². The van der Waals surface area contributed by atoms with Crippen molar-refractivity contribution in [3.8, 4) is 5.75 Å². The fourth-order valence-corrected chi connectivity index (χ4v) is 3.04. The zero-order valence-corrected chi connectivity index (χ0v) is 16.6. The standard InChI is InChI=1S/C20H21ClN2O3.ClH/c1-14-12-22-10-11-23(14)19(24)13-26-18-8-4-16(5-9-18)20(25)15-2-6-17(21)7-3-15;/h2-9,14,22H,10-13H2,1H3;1H/t14-;/m1./s1. The molecule has 1 N–H and O–H groups in total. The summed E-state index contributed by atoms with van der Waals surface area (Å²) in [5, 5.41) is 3.84. The van der Waals surface area contributed by atoms with Gasteiger partial charge >= 0.3 is 0 Å². The zero-order valence-electron chi connectivity index (χ0n) is 15.0. The summed E-state index contributed by atoms with van der Waals surface area (Å²) >= 11 is 5.85. The van der Waals surface area contributed by atoms with Gasteiger partial charge in [0, 0.05) is 41.8 Å². The Morgan fingerprint density at radius 3 is 2.30 bits per heavy atom. The normalized spacial score (nSPS) is 16.4. The highest BCUT2D eigenvalue weighted by atomic mass is 35.5. The Hall–Kier alpha value is -2.08. The molecule has 5 nitrogen and oxygen atoms in total. The highest BCUT2D eigenvalue weighted by Crippen LogP contribution is 2.17. The third kappa shape index (κ3) is 5.45. The molecule has 7 heteroatoms. The summed E-state index contributed by atoms with van der Waals surface area (Å²) < 4.78 is 5.59. The summed E-state index contributed by atoms with van der Waals surface area (Å²) in [5.74, 6) is 0.452. The number of amides is 1. The van der Waals surface area contributed by atoms with E-state index in [0.29, 0.717) is 28.4 Å². The van der Waals surface area contributed by atoms with Gasteiger partial charge < -0.3 is 15.0 Å². The third-order valence-corrected chi connectivity index (χ3v) is 4.66. The summed E-state index contributed by atoms with van der Waals surface area (Å²) in [5.41, 5.74) is 1.13. The molecule has 0 bridgehead atoms. The second kappa shape index (κ2) is 9.74. The van der Waals surface area contributed by atoms with Crippen LogP contribution in [0.1, 0.15) is 22.8 Å². The predicted octanol–water partition coefficient (Wildman–Crippen LogP) is 3.19. The molecule has 1 aliphatic rings. The number of ether oxygens (including phenoxy) is 1. The van der Waals surface area contributed by atoms with Gasteiger partial charge in [-0.2, -0.15) is 0 Å². The number of carbonyl (C=O) groups excluding carboxylic acids is 2. The number of rotatable bonds is 5. The van der Waals surface area contributed by atoms with Gasteiger partial charge in [-0.3, -0.25) is 9.59 Å². The van der Waals surface area contributed by atoms with Gasteiger partial charge in [-0.25, -0.2) is 0 Å². The molecule has 0 unspecified atom stereocenters. The lowest BCUT2D eigenvalue weighted by molar-refractivity contribution is -0.136. The number of piperazine rings is 1. The molecule has 2 aromatic carbocycles. The van der Waals surface area contributed by atoms with Gasteiger partial charge in [-0.1, -0.05) is 11.6 Å². The summed E-state index contributed by atoms with van der Waals surface area (Å²) in [6.45, 7) is 4.30. The van der Waals surface area contributed by atoms with Gasteiger partial charge in [0.05, 0.1) is 0 Å². The number of ketones is 1. The number of hydrogen-bond acceptors (Lipinski definition) is 4. The highest BCUT2D eigenvalue weighted by Gasteiger charge is 2.23. The second-order valence-corrected chi connectivity index (χ2v) is 6.73. The fourth-order valence-electron chi connectivity index (χ4n) is 2.91. The number of hydrogen-bond donors (Lipinski definition) is 1. The Labute approximate surface area is 170 Å². The molecule has 27 heavy (non-hydrogen) atoms. The van der Waals surface area contributed by atoms with Crippen LogP contribution in [0.3, 0.4) is 0 Å². The summed E-state index contributed by atoms with van der Waals surface area (Å²) in [6.07, 6.45) is 0. The van der Waals surface area contributed by atoms with Crippen molar-refractivity contribution in [2.75, 3.05) is 26.2 Å². The Bertz CT molecular complexity index is 779. The van der Waals surface area contributed by atoms with Crippen molar-refractivity contribution >= 4 is 35.7 Å². The molecule has 0 radical (unpaired) electrons. The van der Waals surface area contributed by atoms with Gasteiger partial charge in [0.2, 0.25) is 0 Å². The van der Waals surface area contributed by atoms with Gasteiger partial charge in [0.25, 0.3) is 5.91 Å². The molecule has 0 aliphatic carbocycles. The molecule has 1 saturated heterocycles. The van der Waals surface area contributed by atoms with E-state index < -0.39 is 0 Å². The number of nitrogens with zero attached hydrogens (tertiary/aromatic N) is 1. The number of benzene rings is 2. The Morgan fingerprint density at radius 2 is 1.70 bits per heavy atom. The van der Waals surface area contributed by atoms with E-state index in [1.54, 1.807) is 48.5 Å². The van der Waals surface area contributed by atoms with Gasteiger partial charge in [0.1, 0.15) is 5.75 Å². The quantitative estimate of drug-likeness (QED) is 0.771. The van der Waals surface area contributed by atoms with E-state index in [-0.39, 0.29) is 36.7 Å². The molecule has 1 fully saturated rings. The molecule has 2 aromatic rings. The summed E-state index contributed by atoms with van der Waals surface area (Å²) in [6, 6.07) is 13.7. The zero-order chi connectivity index (χ0) is 18.5. The Morgan fingerprint density at radius 1 is 1.11 bits per heavy atom. The minimum absolute atomic E-state index is 0. The van der Waals surface area contributed by atoms with Crippen LogP contribution in [0, 0.1) is 0 Å². The van der Waals surface area contributed by atoms with Crippen molar-refractivity contribution in [2.24, 2.45) is 0 Å². The third-order valence-electron chi connectivity index (χ3n) is 4.41. The number of halogens is 2. The lowest BCUT2D eigenvalue weighted by Gasteiger charge is -2.33. The SMILES string of the molecule is C[C@@H]1CNCCN1C(=O)COc1ccc(C(=O)c2ccc(Cl)cc2)cc1.Cl. The molecule has 0 saturated carbocycles. The molecule has 3 rings (SSSR count). The molecule has 1 amide bonds. The first kappa shape index (κ1) is 21.2. The molecule has 0 aromatic heterocycles. The lowest BCUT2D eigenvalue weighted by atomic mass is 10.0. The van der Waals surface area contributed by atoms with E-state index in [9.17, 15) is 9.59 Å². The van der Waals surface area contributed by atoms with Crippen LogP contribution in [0.2, 0.25) is 5.02 Å². The minimum Gasteiger partial charge on any atom is -0.484 e. The van der Waals surface area contributed by atoms with Crippen LogP contribution in [0.4, 0.5) is 0 Å². The van der Waals surface area contributed by atoms with Gasteiger partial charge in [-0.05, 0) is 55.5 Å². The second-order valence-electron chi connectivity index (χ2n) is 6.29. The van der Waals surface area contributed by atoms with Crippen molar-refractivity contribution in [2.45, 2.75) is 13.0 Å². The Balaban J connectivity index is 0.00000261. The first-order valence-corrected chi connectivity index (χ1v) is 8.96. The average Bonchev–Trinajstić information content (AvgIpc) is 2.67. The molecule has 1 atom stereocenters. The summed E-state index contributed by atoms with van der Waals surface area (Å²) in [7, 11) is 0. The molecule has 0 spiro atoms. The van der Waals surface area contributed by atoms with Gasteiger partial charge in [-0.15, -0.1) is 12.4 Å². The van der Waals surface area contributed by atoms with Crippen molar-refractivity contribution in [1.29, 1.82) is 0 Å². The first-order valence-electron chi connectivity index (χ1n) is 8.58. The molecular formula is C20H22Cl2N2O3. The van der Waals surface area contributed by atoms with Crippen molar-refractivity contribution in [1.82, 2.24) is 10.2 Å². The van der Waals surface area contributed by atoms with Crippen LogP contribution in [-0.2, 0) is 4.79 Å². The molecule has 1 heterocycles. The maximum Gasteiger partial charge on any atom is 0.260 e. The Kier molecular flexibility index (Phi) is 7.66. The van der Waals surface area contributed by atoms with E-state index in [1.165, 1.54) is 0 Å². The van der Waals surface area contributed by atoms with Crippen molar-refractivity contribution in [3.05, 3.63) is 64.7 Å². The average molecular weight is 409 g/mol. The van der Waals surface area contributed by atoms with E-state index >= 15 is 0 Å². The topological polar surface area (TPSA) is 58.6 Å². The maximum absolute atomic E-state index is 12.4. The van der Waals surface area contributed by atoms with E-state index in [0.717, 1.165) is 13.1 Å². The number of carbonyl (C=O) groups is 2. The van der Waals surface area contributed by atoms with E-state index in [1.807, 2.05) is 11.8 Å². The summed E-state index contributed by atoms with van der Waals surface area (Å²) in [4.78, 5) is 26.5.